The molecule has 0 aromatic carbocycles. The van der Waals surface area contributed by atoms with Crippen LogP contribution in [0.15, 0.2) is 12.3 Å². The van der Waals surface area contributed by atoms with Gasteiger partial charge >= 0.3 is 5.97 Å². The Morgan fingerprint density at radius 1 is 1.23 bits per heavy atom. The number of hydrogen-bond donors (Lipinski definition) is 0. The molecule has 0 aliphatic heterocycles. The van der Waals surface area contributed by atoms with E-state index in [4.69, 9.17) is 4.74 Å². The standard InChI is InChI=1S/C15H17N5O2/c1-8-13-10(15(21)22-5)6-12(17-14(13)20(4)18-8)11-7-16-19(3)9(11)2/h6-7H,1-5H3. The van der Waals surface area contributed by atoms with E-state index in [1.165, 1.54) is 7.11 Å². The van der Waals surface area contributed by atoms with Crippen LogP contribution in [0.1, 0.15) is 21.7 Å². The molecule has 0 N–H and O–H groups in total. The molecule has 3 rings (SSSR count). The number of methoxy groups -OCH3 is 1. The summed E-state index contributed by atoms with van der Waals surface area (Å²) in [5.74, 6) is -0.397. The molecular formula is C15H17N5O2. The number of hydrogen-bond acceptors (Lipinski definition) is 5. The summed E-state index contributed by atoms with van der Waals surface area (Å²) in [6.45, 7) is 3.81. The fourth-order valence-corrected chi connectivity index (χ4v) is 2.60. The largest absolute Gasteiger partial charge is 0.465 e. The lowest BCUT2D eigenvalue weighted by molar-refractivity contribution is 0.0603. The van der Waals surface area contributed by atoms with Gasteiger partial charge in [0.05, 0.1) is 35.6 Å². The Morgan fingerprint density at radius 3 is 2.55 bits per heavy atom. The van der Waals surface area contributed by atoms with E-state index in [0.29, 0.717) is 16.9 Å². The molecule has 114 valence electrons. The van der Waals surface area contributed by atoms with Gasteiger partial charge in [0.1, 0.15) is 0 Å². The van der Waals surface area contributed by atoms with E-state index < -0.39 is 5.97 Å². The third-order valence-electron chi connectivity index (χ3n) is 3.89. The molecule has 0 amide bonds. The van der Waals surface area contributed by atoms with Gasteiger partial charge in [-0.2, -0.15) is 10.2 Å². The van der Waals surface area contributed by atoms with Crippen LogP contribution in [0.4, 0.5) is 0 Å². The fourth-order valence-electron chi connectivity index (χ4n) is 2.60. The van der Waals surface area contributed by atoms with Gasteiger partial charge in [-0.1, -0.05) is 0 Å². The van der Waals surface area contributed by atoms with Gasteiger partial charge in [-0.3, -0.25) is 9.36 Å². The molecule has 0 bridgehead atoms. The summed E-state index contributed by atoms with van der Waals surface area (Å²) in [6.07, 6.45) is 1.74. The smallest absolute Gasteiger partial charge is 0.338 e. The third kappa shape index (κ3) is 1.97. The second-order valence-electron chi connectivity index (χ2n) is 5.22. The van der Waals surface area contributed by atoms with Gasteiger partial charge in [0.15, 0.2) is 5.65 Å². The van der Waals surface area contributed by atoms with Gasteiger partial charge in [0.25, 0.3) is 0 Å². The van der Waals surface area contributed by atoms with Crippen molar-refractivity contribution in [1.29, 1.82) is 0 Å². The van der Waals surface area contributed by atoms with Gasteiger partial charge in [-0.25, -0.2) is 9.78 Å². The Bertz CT molecular complexity index is 891. The second kappa shape index (κ2) is 4.94. The number of esters is 1. The van der Waals surface area contributed by atoms with Crippen molar-refractivity contribution in [1.82, 2.24) is 24.5 Å². The van der Waals surface area contributed by atoms with Crippen LogP contribution in [-0.2, 0) is 18.8 Å². The Kier molecular flexibility index (Phi) is 3.20. The molecule has 0 atom stereocenters. The van der Waals surface area contributed by atoms with Gasteiger partial charge in [0, 0.05) is 25.4 Å². The van der Waals surface area contributed by atoms with Crippen LogP contribution in [0, 0.1) is 13.8 Å². The highest BCUT2D eigenvalue weighted by Crippen LogP contribution is 2.28. The number of aryl methyl sites for hydroxylation is 3. The first-order valence-corrected chi connectivity index (χ1v) is 6.85. The number of pyridine rings is 1. The first-order valence-electron chi connectivity index (χ1n) is 6.85. The highest BCUT2D eigenvalue weighted by Gasteiger charge is 2.20. The molecule has 0 saturated heterocycles. The highest BCUT2D eigenvalue weighted by molar-refractivity contribution is 6.04. The molecule has 0 aliphatic carbocycles. The Hall–Kier alpha value is -2.70. The van der Waals surface area contributed by atoms with E-state index in [-0.39, 0.29) is 0 Å². The fraction of sp³-hybridized carbons (Fsp3) is 0.333. The molecule has 0 spiro atoms. The molecule has 3 heterocycles. The normalized spacial score (nSPS) is 11.1. The maximum atomic E-state index is 12.2. The zero-order chi connectivity index (χ0) is 16.0. The first-order chi connectivity index (χ1) is 10.4. The lowest BCUT2D eigenvalue weighted by Crippen LogP contribution is -2.04. The highest BCUT2D eigenvalue weighted by atomic mass is 16.5. The number of carbonyl (C=O) groups excluding carboxylic acids is 1. The quantitative estimate of drug-likeness (QED) is 0.674. The average molecular weight is 299 g/mol. The molecule has 3 aromatic heterocycles. The number of carbonyl (C=O) groups is 1. The van der Waals surface area contributed by atoms with Crippen molar-refractivity contribution >= 4 is 17.0 Å². The van der Waals surface area contributed by atoms with Crippen molar-refractivity contribution in [2.24, 2.45) is 14.1 Å². The van der Waals surface area contributed by atoms with Crippen molar-refractivity contribution in [3.05, 3.63) is 29.2 Å². The number of fused-ring (bicyclic) bond motifs is 1. The van der Waals surface area contributed by atoms with E-state index in [2.05, 4.69) is 15.2 Å². The molecule has 7 nitrogen and oxygen atoms in total. The van der Waals surface area contributed by atoms with E-state index >= 15 is 0 Å². The minimum Gasteiger partial charge on any atom is -0.465 e. The van der Waals surface area contributed by atoms with Gasteiger partial charge in [0.2, 0.25) is 0 Å². The minimum absolute atomic E-state index is 0.397. The second-order valence-corrected chi connectivity index (χ2v) is 5.22. The number of aromatic nitrogens is 5. The zero-order valence-electron chi connectivity index (χ0n) is 13.2. The number of nitrogens with zero attached hydrogens (tertiary/aromatic N) is 5. The Labute approximate surface area is 127 Å². The predicted octanol–water partition coefficient (Wildman–Crippen LogP) is 1.77. The predicted molar refractivity (Wildman–Crippen MR) is 81.5 cm³/mol. The van der Waals surface area contributed by atoms with Crippen LogP contribution in [0.5, 0.6) is 0 Å². The summed E-state index contributed by atoms with van der Waals surface area (Å²) in [5.41, 5.74) is 4.41. The summed E-state index contributed by atoms with van der Waals surface area (Å²) in [7, 11) is 5.05. The van der Waals surface area contributed by atoms with E-state index in [9.17, 15) is 4.79 Å². The van der Waals surface area contributed by atoms with Crippen molar-refractivity contribution in [3.63, 3.8) is 0 Å². The van der Waals surface area contributed by atoms with Crippen molar-refractivity contribution in [2.45, 2.75) is 13.8 Å². The third-order valence-corrected chi connectivity index (χ3v) is 3.89. The Balaban J connectivity index is 2.36. The van der Waals surface area contributed by atoms with Crippen molar-refractivity contribution in [2.75, 3.05) is 7.11 Å². The summed E-state index contributed by atoms with van der Waals surface area (Å²) in [4.78, 5) is 16.8. The summed E-state index contributed by atoms with van der Waals surface area (Å²) in [6, 6.07) is 1.74. The van der Waals surface area contributed by atoms with Crippen molar-refractivity contribution in [3.8, 4) is 11.3 Å². The van der Waals surface area contributed by atoms with Crippen LogP contribution in [0.25, 0.3) is 22.3 Å². The molecule has 7 heteroatoms. The number of rotatable bonds is 2. The average Bonchev–Trinajstić information content (AvgIpc) is 2.98. The van der Waals surface area contributed by atoms with E-state index in [1.807, 2.05) is 27.9 Å². The minimum atomic E-state index is -0.397. The Morgan fingerprint density at radius 2 is 1.95 bits per heavy atom. The maximum absolute atomic E-state index is 12.2. The number of ether oxygens (including phenoxy) is 1. The lowest BCUT2D eigenvalue weighted by Gasteiger charge is -2.06. The zero-order valence-corrected chi connectivity index (χ0v) is 13.2. The molecule has 0 unspecified atom stereocenters. The maximum Gasteiger partial charge on any atom is 0.338 e. The van der Waals surface area contributed by atoms with Crippen LogP contribution < -0.4 is 0 Å². The molecule has 22 heavy (non-hydrogen) atoms. The van der Waals surface area contributed by atoms with Gasteiger partial charge in [-0.05, 0) is 19.9 Å². The summed E-state index contributed by atoms with van der Waals surface area (Å²) < 4.78 is 8.35. The molecule has 0 aliphatic rings. The molecule has 0 saturated carbocycles. The SMILES string of the molecule is COC(=O)c1cc(-c2cnn(C)c2C)nc2c1c(C)nn2C. The molecular weight excluding hydrogens is 282 g/mol. The van der Waals surface area contributed by atoms with Crippen LogP contribution in [0.3, 0.4) is 0 Å². The van der Waals surface area contributed by atoms with E-state index in [1.54, 1.807) is 21.6 Å². The lowest BCUT2D eigenvalue weighted by atomic mass is 10.1. The molecule has 0 fully saturated rings. The first kappa shape index (κ1) is 14.2. The summed E-state index contributed by atoms with van der Waals surface area (Å²) >= 11 is 0. The van der Waals surface area contributed by atoms with Crippen LogP contribution in [0.2, 0.25) is 0 Å². The van der Waals surface area contributed by atoms with Gasteiger partial charge < -0.3 is 4.74 Å². The van der Waals surface area contributed by atoms with Crippen LogP contribution >= 0.6 is 0 Å². The summed E-state index contributed by atoms with van der Waals surface area (Å²) in [5, 5.41) is 9.31. The van der Waals surface area contributed by atoms with Gasteiger partial charge in [-0.15, -0.1) is 0 Å². The van der Waals surface area contributed by atoms with Crippen LogP contribution in [-0.4, -0.2) is 37.6 Å². The molecule has 0 radical (unpaired) electrons. The topological polar surface area (TPSA) is 74.8 Å². The monoisotopic (exact) mass is 299 g/mol. The molecule has 3 aromatic rings. The van der Waals surface area contributed by atoms with E-state index in [0.717, 1.165) is 22.3 Å². The van der Waals surface area contributed by atoms with Crippen molar-refractivity contribution < 1.29 is 9.53 Å².